The van der Waals surface area contributed by atoms with Gasteiger partial charge in [0, 0.05) is 5.02 Å². The molecule has 0 heterocycles. The molecule has 0 aliphatic carbocycles. The Hall–Kier alpha value is -1.91. The summed E-state index contributed by atoms with van der Waals surface area (Å²) in [6.45, 7) is 0.127. The van der Waals surface area contributed by atoms with Crippen LogP contribution in [0.1, 0.15) is 5.56 Å². The largest absolute Gasteiger partial charge is 0.504 e. The second-order valence-corrected chi connectivity index (χ2v) is 4.81. The van der Waals surface area contributed by atoms with Crippen molar-refractivity contribution in [3.8, 4) is 5.75 Å². The molecule has 0 atom stereocenters. The van der Waals surface area contributed by atoms with Crippen molar-refractivity contribution in [1.29, 1.82) is 0 Å². The highest BCUT2D eigenvalue weighted by atomic mass is 35.5. The van der Waals surface area contributed by atoms with E-state index in [0.29, 0.717) is 5.02 Å². The topological polar surface area (TPSA) is 58.6 Å². The van der Waals surface area contributed by atoms with E-state index in [-0.39, 0.29) is 23.1 Å². The number of carbonyl (C=O) groups is 1. The van der Waals surface area contributed by atoms with E-state index in [2.05, 4.69) is 5.32 Å². The minimum atomic E-state index is -0.706. The van der Waals surface area contributed by atoms with E-state index in [0.717, 1.165) is 5.56 Å². The van der Waals surface area contributed by atoms with E-state index in [1.165, 1.54) is 12.1 Å². The summed E-state index contributed by atoms with van der Waals surface area (Å²) in [7, 11) is 0. The smallest absolute Gasteiger partial charge is 0.412 e. The molecule has 0 aliphatic rings. The van der Waals surface area contributed by atoms with Crippen LogP contribution in [-0.4, -0.2) is 11.2 Å². The lowest BCUT2D eigenvalue weighted by Gasteiger charge is -2.10. The minimum Gasteiger partial charge on any atom is -0.504 e. The number of amides is 1. The van der Waals surface area contributed by atoms with E-state index in [1.54, 1.807) is 0 Å². The van der Waals surface area contributed by atoms with Crippen LogP contribution in [0, 0.1) is 0 Å². The van der Waals surface area contributed by atoms with Crippen LogP contribution in [0.2, 0.25) is 10.0 Å². The van der Waals surface area contributed by atoms with Crippen LogP contribution in [0.4, 0.5) is 10.5 Å². The van der Waals surface area contributed by atoms with Gasteiger partial charge >= 0.3 is 6.09 Å². The summed E-state index contributed by atoms with van der Waals surface area (Å²) < 4.78 is 5.02. The van der Waals surface area contributed by atoms with Gasteiger partial charge in [-0.05, 0) is 17.7 Å². The molecule has 0 radical (unpaired) electrons. The second kappa shape index (κ2) is 6.50. The molecular formula is C14H11Cl2NO3. The molecule has 0 unspecified atom stereocenters. The van der Waals surface area contributed by atoms with Gasteiger partial charge < -0.3 is 9.84 Å². The van der Waals surface area contributed by atoms with E-state index < -0.39 is 6.09 Å². The number of phenolic OH excluding ortho intramolecular Hbond substituents is 1. The lowest BCUT2D eigenvalue weighted by molar-refractivity contribution is 0.155. The van der Waals surface area contributed by atoms with Crippen molar-refractivity contribution in [3.63, 3.8) is 0 Å². The van der Waals surface area contributed by atoms with Gasteiger partial charge in [0.05, 0.1) is 10.7 Å². The molecule has 0 aliphatic heterocycles. The Morgan fingerprint density at radius 2 is 1.90 bits per heavy atom. The number of phenols is 1. The highest BCUT2D eigenvalue weighted by Crippen LogP contribution is 2.35. The first-order valence-electron chi connectivity index (χ1n) is 5.72. The lowest BCUT2D eigenvalue weighted by Crippen LogP contribution is -2.13. The third-order valence-corrected chi connectivity index (χ3v) is 2.98. The molecule has 1 amide bonds. The van der Waals surface area contributed by atoms with Crippen molar-refractivity contribution in [1.82, 2.24) is 0 Å². The van der Waals surface area contributed by atoms with Crippen molar-refractivity contribution >= 4 is 35.0 Å². The number of hydrogen-bond donors (Lipinski definition) is 2. The number of aromatic hydroxyl groups is 1. The van der Waals surface area contributed by atoms with Gasteiger partial charge in [-0.2, -0.15) is 0 Å². The molecule has 0 bridgehead atoms. The summed E-state index contributed by atoms with van der Waals surface area (Å²) in [5, 5.41) is 12.4. The third-order valence-electron chi connectivity index (χ3n) is 2.48. The molecule has 20 heavy (non-hydrogen) atoms. The molecular weight excluding hydrogens is 301 g/mol. The van der Waals surface area contributed by atoms with Crippen LogP contribution in [-0.2, 0) is 11.3 Å². The Labute approximate surface area is 125 Å². The summed E-state index contributed by atoms with van der Waals surface area (Å²) >= 11 is 11.5. The van der Waals surface area contributed by atoms with Crippen LogP contribution >= 0.6 is 23.2 Å². The Balaban J connectivity index is 1.98. The van der Waals surface area contributed by atoms with Crippen molar-refractivity contribution in [3.05, 3.63) is 58.1 Å². The SMILES string of the molecule is O=C(Nc1cc(Cl)cc(Cl)c1O)OCc1ccccc1. The molecule has 2 N–H and O–H groups in total. The Morgan fingerprint density at radius 3 is 2.60 bits per heavy atom. The number of carbonyl (C=O) groups excluding carboxylic acids is 1. The Morgan fingerprint density at radius 1 is 1.20 bits per heavy atom. The quantitative estimate of drug-likeness (QED) is 0.823. The molecule has 0 saturated heterocycles. The van der Waals surface area contributed by atoms with Crippen molar-refractivity contribution in [2.75, 3.05) is 5.32 Å². The van der Waals surface area contributed by atoms with Gasteiger partial charge in [0.1, 0.15) is 6.61 Å². The van der Waals surface area contributed by atoms with Crippen molar-refractivity contribution in [2.45, 2.75) is 6.61 Å². The highest BCUT2D eigenvalue weighted by molar-refractivity contribution is 6.36. The molecule has 0 saturated carbocycles. The molecule has 2 rings (SSSR count). The number of ether oxygens (including phenoxy) is 1. The highest BCUT2D eigenvalue weighted by Gasteiger charge is 2.11. The minimum absolute atomic E-state index is 0.0517. The zero-order chi connectivity index (χ0) is 14.5. The number of nitrogens with one attached hydrogen (secondary N) is 1. The average molecular weight is 312 g/mol. The van der Waals surface area contributed by atoms with Crippen LogP contribution in [0.15, 0.2) is 42.5 Å². The van der Waals surface area contributed by atoms with Crippen molar-refractivity contribution < 1.29 is 14.6 Å². The lowest BCUT2D eigenvalue weighted by atomic mass is 10.2. The first kappa shape index (κ1) is 14.5. The van der Waals surface area contributed by atoms with Gasteiger partial charge in [-0.1, -0.05) is 53.5 Å². The average Bonchev–Trinajstić information content (AvgIpc) is 2.43. The third kappa shape index (κ3) is 3.79. The first-order valence-corrected chi connectivity index (χ1v) is 6.47. The molecule has 2 aromatic rings. The maximum atomic E-state index is 11.6. The molecule has 4 nitrogen and oxygen atoms in total. The number of hydrogen-bond acceptors (Lipinski definition) is 3. The molecule has 0 aromatic heterocycles. The van der Waals surface area contributed by atoms with Gasteiger partial charge in [0.2, 0.25) is 0 Å². The van der Waals surface area contributed by atoms with Gasteiger partial charge in [-0.15, -0.1) is 0 Å². The summed E-state index contributed by atoms with van der Waals surface area (Å²) in [5.41, 5.74) is 0.955. The van der Waals surface area contributed by atoms with E-state index in [4.69, 9.17) is 27.9 Å². The molecule has 0 spiro atoms. The monoisotopic (exact) mass is 311 g/mol. The number of halogens is 2. The van der Waals surface area contributed by atoms with Crippen LogP contribution < -0.4 is 5.32 Å². The van der Waals surface area contributed by atoms with Crippen LogP contribution in [0.25, 0.3) is 0 Å². The van der Waals surface area contributed by atoms with Gasteiger partial charge in [-0.3, -0.25) is 5.32 Å². The summed E-state index contributed by atoms with van der Waals surface area (Å²) in [6.07, 6.45) is -0.706. The zero-order valence-corrected chi connectivity index (χ0v) is 11.8. The Bertz CT molecular complexity index is 617. The Kier molecular flexibility index (Phi) is 4.71. The second-order valence-electron chi connectivity index (χ2n) is 3.97. The molecule has 2 aromatic carbocycles. The predicted molar refractivity (Wildman–Crippen MR) is 78.4 cm³/mol. The fourth-order valence-electron chi connectivity index (χ4n) is 1.53. The van der Waals surface area contributed by atoms with Crippen LogP contribution in [0.5, 0.6) is 5.75 Å². The van der Waals surface area contributed by atoms with E-state index in [9.17, 15) is 9.90 Å². The maximum absolute atomic E-state index is 11.6. The van der Waals surface area contributed by atoms with Crippen molar-refractivity contribution in [2.24, 2.45) is 0 Å². The van der Waals surface area contributed by atoms with E-state index >= 15 is 0 Å². The summed E-state index contributed by atoms with van der Waals surface area (Å²) in [5.74, 6) is -0.257. The van der Waals surface area contributed by atoms with E-state index in [1.807, 2.05) is 30.3 Å². The molecule has 6 heteroatoms. The van der Waals surface area contributed by atoms with Gasteiger partial charge in [0.25, 0.3) is 0 Å². The normalized spacial score (nSPS) is 10.1. The zero-order valence-electron chi connectivity index (χ0n) is 10.3. The first-order chi connectivity index (χ1) is 9.56. The number of rotatable bonds is 3. The van der Waals surface area contributed by atoms with Gasteiger partial charge in [0.15, 0.2) is 5.75 Å². The van der Waals surface area contributed by atoms with Gasteiger partial charge in [-0.25, -0.2) is 4.79 Å². The fraction of sp³-hybridized carbons (Fsp3) is 0.0714. The molecule has 0 fully saturated rings. The molecule has 104 valence electrons. The predicted octanol–water partition coefficient (Wildman–Crippen LogP) is 4.45. The summed E-state index contributed by atoms with van der Waals surface area (Å²) in [4.78, 5) is 11.6. The van der Waals surface area contributed by atoms with Crippen LogP contribution in [0.3, 0.4) is 0 Å². The number of anilines is 1. The maximum Gasteiger partial charge on any atom is 0.412 e. The fourth-order valence-corrected chi connectivity index (χ4v) is 2.02. The standard InChI is InChI=1S/C14H11Cl2NO3/c15-10-6-11(16)13(18)12(7-10)17-14(19)20-8-9-4-2-1-3-5-9/h1-7,18H,8H2,(H,17,19). The number of benzene rings is 2. The summed E-state index contributed by atoms with van der Waals surface area (Å²) in [6, 6.07) is 12.0.